The number of aliphatic hydroxyl groups excluding tert-OH is 5. The SMILES string of the molecule is C=CCc1ccc(O[C@H]2O[C@H]3[C@@H](O)[C@H](O)[C@]2(OCCCCC)C[C@H](CCCO)[C@@H](O)CC#CO[C@H]3CCCO)cc1. The molecule has 4 rings (SSSR count). The molecule has 1 fully saturated rings. The van der Waals surface area contributed by atoms with E-state index in [1.807, 2.05) is 30.3 Å². The molecule has 0 saturated carbocycles. The number of fused-ring (bicyclic) bond motifs is 8. The van der Waals surface area contributed by atoms with Crippen LogP contribution < -0.4 is 4.74 Å². The van der Waals surface area contributed by atoms with Gasteiger partial charge in [-0.1, -0.05) is 43.9 Å². The predicted molar refractivity (Wildman–Crippen MR) is 154 cm³/mol. The van der Waals surface area contributed by atoms with E-state index in [1.165, 1.54) is 0 Å². The second kappa shape index (κ2) is 17.1. The van der Waals surface area contributed by atoms with E-state index in [9.17, 15) is 25.5 Å². The molecular formula is C32H48O9. The fourth-order valence-corrected chi connectivity index (χ4v) is 5.63. The summed E-state index contributed by atoms with van der Waals surface area (Å²) in [5.41, 5.74) is -0.490. The summed E-state index contributed by atoms with van der Waals surface area (Å²) in [6.07, 6.45) is 2.78. The first kappa shape index (κ1) is 33.3. The standard InChI is InChI=1S/C32H48O9/c1-3-5-6-21-39-32-22-24(11-7-18-33)26(35)12-9-20-38-27(13-8-19-34)29(28(36)30(32)37)41-31(32)40-25-16-14-23(10-4-2)15-17-25/h4,14-17,24,26-31,33-37H,2-3,5-8,10-13,18-19,21-22H2,1H3/t24-,26-,27-,28+,29+,30-,31-,32+/m0/s1. The number of rotatable bonds is 15. The monoisotopic (exact) mass is 576 g/mol. The Morgan fingerprint density at radius 1 is 1.05 bits per heavy atom. The van der Waals surface area contributed by atoms with Crippen LogP contribution in [0.4, 0.5) is 0 Å². The maximum absolute atomic E-state index is 11.9. The predicted octanol–water partition coefficient (Wildman–Crippen LogP) is 2.85. The first-order valence-corrected chi connectivity index (χ1v) is 15.0. The number of benzene rings is 1. The van der Waals surface area contributed by atoms with Gasteiger partial charge in [-0.05, 0) is 68.6 Å². The van der Waals surface area contributed by atoms with Crippen LogP contribution in [0.2, 0.25) is 0 Å². The van der Waals surface area contributed by atoms with Crippen molar-refractivity contribution in [1.82, 2.24) is 0 Å². The van der Waals surface area contributed by atoms with Crippen LogP contribution in [-0.4, -0.2) is 87.8 Å². The molecular weight excluding hydrogens is 528 g/mol. The molecule has 8 atom stereocenters. The van der Waals surface area contributed by atoms with Crippen LogP contribution >= 0.6 is 0 Å². The Hall–Kier alpha value is -2.16. The number of allylic oxidation sites excluding steroid dienone is 1. The molecule has 0 amide bonds. The summed E-state index contributed by atoms with van der Waals surface area (Å²) < 4.78 is 25.2. The molecule has 9 heteroatoms. The molecule has 0 unspecified atom stereocenters. The highest BCUT2D eigenvalue weighted by Gasteiger charge is 2.60. The highest BCUT2D eigenvalue weighted by atomic mass is 16.7. The summed E-state index contributed by atoms with van der Waals surface area (Å²) >= 11 is 0. The minimum atomic E-state index is -1.54. The fourth-order valence-electron chi connectivity index (χ4n) is 5.63. The van der Waals surface area contributed by atoms with Crippen molar-refractivity contribution in [1.29, 1.82) is 0 Å². The first-order chi connectivity index (χ1) is 19.9. The summed E-state index contributed by atoms with van der Waals surface area (Å²) in [4.78, 5) is 0. The first-order valence-electron chi connectivity index (χ1n) is 15.0. The van der Waals surface area contributed by atoms with E-state index in [1.54, 1.807) is 0 Å². The van der Waals surface area contributed by atoms with Gasteiger partial charge in [0.05, 0.1) is 6.10 Å². The Bertz CT molecular complexity index is 958. The van der Waals surface area contributed by atoms with Crippen molar-refractivity contribution in [3.05, 3.63) is 42.5 Å². The average molecular weight is 577 g/mol. The maximum Gasteiger partial charge on any atom is 0.232 e. The van der Waals surface area contributed by atoms with Gasteiger partial charge < -0.3 is 44.5 Å². The Morgan fingerprint density at radius 2 is 1.78 bits per heavy atom. The van der Waals surface area contributed by atoms with Crippen LogP contribution in [0.1, 0.15) is 70.3 Å². The van der Waals surface area contributed by atoms with Gasteiger partial charge in [-0.3, -0.25) is 0 Å². The van der Waals surface area contributed by atoms with Crippen molar-refractivity contribution < 1.29 is 44.5 Å². The molecule has 0 radical (unpaired) electrons. The number of hydrogen-bond donors (Lipinski definition) is 5. The molecule has 2 bridgehead atoms. The van der Waals surface area contributed by atoms with Gasteiger partial charge in [0.15, 0.2) is 5.60 Å². The molecule has 3 heterocycles. The quantitative estimate of drug-likeness (QED) is 0.121. The lowest BCUT2D eigenvalue weighted by molar-refractivity contribution is -0.345. The Balaban J connectivity index is 2.09. The van der Waals surface area contributed by atoms with Crippen LogP contribution in [0, 0.1) is 17.9 Å². The van der Waals surface area contributed by atoms with Crippen molar-refractivity contribution in [3.8, 4) is 17.8 Å². The molecule has 1 aromatic rings. The molecule has 3 aliphatic heterocycles. The highest BCUT2D eigenvalue weighted by Crippen LogP contribution is 2.43. The zero-order chi connectivity index (χ0) is 29.7. The minimum absolute atomic E-state index is 0.0599. The third kappa shape index (κ3) is 8.91. The lowest BCUT2D eigenvalue weighted by Crippen LogP contribution is -2.71. The topological polar surface area (TPSA) is 138 Å². The molecule has 0 spiro atoms. The normalized spacial score (nSPS) is 31.7. The largest absolute Gasteiger partial charge is 0.462 e. The molecule has 41 heavy (non-hydrogen) atoms. The second-order valence-electron chi connectivity index (χ2n) is 11.0. The van der Waals surface area contributed by atoms with Crippen molar-refractivity contribution in [3.63, 3.8) is 0 Å². The van der Waals surface area contributed by atoms with Crippen LogP contribution in [0.5, 0.6) is 5.75 Å². The third-order valence-corrected chi connectivity index (χ3v) is 7.97. The van der Waals surface area contributed by atoms with Crippen molar-refractivity contribution >= 4 is 0 Å². The van der Waals surface area contributed by atoms with Crippen LogP contribution in [0.3, 0.4) is 0 Å². The zero-order valence-electron chi connectivity index (χ0n) is 24.2. The smallest absolute Gasteiger partial charge is 0.232 e. The summed E-state index contributed by atoms with van der Waals surface area (Å²) in [5, 5.41) is 53.6. The lowest BCUT2D eigenvalue weighted by atomic mass is 9.75. The van der Waals surface area contributed by atoms with Gasteiger partial charge in [-0.2, -0.15) is 0 Å². The average Bonchev–Trinajstić information content (AvgIpc) is 2.97. The molecule has 1 aromatic carbocycles. The van der Waals surface area contributed by atoms with E-state index < -0.39 is 48.3 Å². The number of aliphatic hydroxyl groups is 5. The minimum Gasteiger partial charge on any atom is -0.462 e. The summed E-state index contributed by atoms with van der Waals surface area (Å²) in [5.74, 6) is 2.90. The van der Waals surface area contributed by atoms with Crippen LogP contribution in [-0.2, 0) is 20.6 Å². The van der Waals surface area contributed by atoms with E-state index in [-0.39, 0.29) is 32.7 Å². The summed E-state index contributed by atoms with van der Waals surface area (Å²) in [6.45, 7) is 6.00. The van der Waals surface area contributed by atoms with Crippen LogP contribution in [0.15, 0.2) is 36.9 Å². The number of unbranched alkanes of at least 4 members (excludes halogenated alkanes) is 2. The van der Waals surface area contributed by atoms with E-state index >= 15 is 0 Å². The van der Waals surface area contributed by atoms with E-state index in [4.69, 9.17) is 18.9 Å². The third-order valence-electron chi connectivity index (χ3n) is 7.97. The lowest BCUT2D eigenvalue weighted by Gasteiger charge is -2.52. The second-order valence-corrected chi connectivity index (χ2v) is 11.0. The van der Waals surface area contributed by atoms with Gasteiger partial charge in [-0.15, -0.1) is 6.58 Å². The van der Waals surface area contributed by atoms with Gasteiger partial charge in [0.1, 0.15) is 36.3 Å². The molecule has 5 N–H and O–H groups in total. The van der Waals surface area contributed by atoms with E-state index in [0.29, 0.717) is 37.9 Å². The van der Waals surface area contributed by atoms with Gasteiger partial charge in [0.25, 0.3) is 0 Å². The molecule has 0 aliphatic carbocycles. The number of hydrogen-bond acceptors (Lipinski definition) is 9. The molecule has 230 valence electrons. The Labute approximate surface area is 244 Å². The number of ether oxygens (including phenoxy) is 4. The summed E-state index contributed by atoms with van der Waals surface area (Å²) in [6, 6.07) is 7.45. The van der Waals surface area contributed by atoms with E-state index in [2.05, 4.69) is 25.5 Å². The Kier molecular flexibility index (Phi) is 13.9. The summed E-state index contributed by atoms with van der Waals surface area (Å²) in [7, 11) is 0. The van der Waals surface area contributed by atoms with E-state index in [0.717, 1.165) is 24.8 Å². The van der Waals surface area contributed by atoms with Gasteiger partial charge in [0, 0.05) is 26.2 Å². The van der Waals surface area contributed by atoms with Crippen LogP contribution in [0.25, 0.3) is 0 Å². The van der Waals surface area contributed by atoms with Gasteiger partial charge in [-0.25, -0.2) is 0 Å². The molecule has 1 saturated heterocycles. The Morgan fingerprint density at radius 3 is 2.46 bits per heavy atom. The van der Waals surface area contributed by atoms with Gasteiger partial charge in [0.2, 0.25) is 6.29 Å². The maximum atomic E-state index is 11.9. The molecule has 9 nitrogen and oxygen atoms in total. The van der Waals surface area contributed by atoms with Crippen molar-refractivity contribution in [2.75, 3.05) is 19.8 Å². The fraction of sp³-hybridized carbons (Fsp3) is 0.688. The van der Waals surface area contributed by atoms with Crippen molar-refractivity contribution in [2.24, 2.45) is 5.92 Å². The van der Waals surface area contributed by atoms with Gasteiger partial charge >= 0.3 is 0 Å². The highest BCUT2D eigenvalue weighted by molar-refractivity contribution is 5.29. The van der Waals surface area contributed by atoms with Crippen molar-refractivity contribution in [2.45, 2.75) is 114 Å². The zero-order valence-corrected chi connectivity index (χ0v) is 24.2. The molecule has 0 aromatic heterocycles. The molecule has 3 aliphatic rings.